The lowest BCUT2D eigenvalue weighted by Crippen LogP contribution is -2.24. The number of methoxy groups -OCH3 is 1. The highest BCUT2D eigenvalue weighted by Crippen LogP contribution is 2.16. The minimum absolute atomic E-state index is 0.0234. The maximum Gasteiger partial charge on any atom is 0.273 e. The predicted molar refractivity (Wildman–Crippen MR) is 124 cm³/mol. The summed E-state index contributed by atoms with van der Waals surface area (Å²) in [4.78, 5) is 25.1. The van der Waals surface area contributed by atoms with E-state index in [4.69, 9.17) is 14.1 Å². The Kier molecular flexibility index (Phi) is 7.95. The van der Waals surface area contributed by atoms with Crippen molar-refractivity contribution in [3.8, 4) is 0 Å². The molecule has 178 valence electrons. The number of hydrogen-bond acceptors (Lipinski definition) is 7. The van der Waals surface area contributed by atoms with Gasteiger partial charge in [0.15, 0.2) is 11.6 Å². The van der Waals surface area contributed by atoms with E-state index in [-0.39, 0.29) is 17.9 Å². The Morgan fingerprint density at radius 2 is 2.00 bits per heavy atom. The normalized spacial score (nSPS) is 11.2. The number of ether oxygens (including phenoxy) is 1. The fraction of sp³-hybridized carbons (Fsp3) is 0.333. The number of pyridine rings is 1. The second kappa shape index (κ2) is 11.5. The van der Waals surface area contributed by atoms with Crippen LogP contribution in [0.25, 0.3) is 11.0 Å². The number of nitrogens with one attached hydrogen (secondary N) is 2. The van der Waals surface area contributed by atoms with Gasteiger partial charge in [0.1, 0.15) is 17.9 Å². The van der Waals surface area contributed by atoms with Gasteiger partial charge in [-0.1, -0.05) is 12.1 Å². The third-order valence-corrected chi connectivity index (χ3v) is 5.33. The fourth-order valence-corrected chi connectivity index (χ4v) is 3.60. The van der Waals surface area contributed by atoms with Crippen LogP contribution in [0.5, 0.6) is 0 Å². The molecule has 4 aromatic rings. The quantitative estimate of drug-likeness (QED) is 0.309. The number of fused-ring (bicyclic) bond motifs is 1. The Hall–Kier alpha value is -3.63. The molecule has 4 rings (SSSR count). The topological polar surface area (TPSA) is 107 Å². The van der Waals surface area contributed by atoms with Crippen LogP contribution < -0.4 is 10.6 Å². The second-order valence-corrected chi connectivity index (χ2v) is 7.65. The van der Waals surface area contributed by atoms with E-state index < -0.39 is 11.7 Å². The summed E-state index contributed by atoms with van der Waals surface area (Å²) in [6.07, 6.45) is 4.07. The summed E-state index contributed by atoms with van der Waals surface area (Å²) in [5, 5.41) is 5.96. The molecule has 2 N–H and O–H groups in total. The molecule has 1 aromatic carbocycles. The van der Waals surface area contributed by atoms with Crippen LogP contribution in [0, 0.1) is 5.82 Å². The smallest absolute Gasteiger partial charge is 0.273 e. The van der Waals surface area contributed by atoms with E-state index in [0.717, 1.165) is 36.4 Å². The van der Waals surface area contributed by atoms with Gasteiger partial charge in [0.25, 0.3) is 5.91 Å². The maximum absolute atomic E-state index is 13.6. The molecule has 9 nitrogen and oxygen atoms in total. The Morgan fingerprint density at radius 3 is 2.85 bits per heavy atom. The van der Waals surface area contributed by atoms with E-state index in [1.807, 2.05) is 18.2 Å². The van der Waals surface area contributed by atoms with Crippen LogP contribution >= 0.6 is 0 Å². The zero-order valence-corrected chi connectivity index (χ0v) is 19.0. The van der Waals surface area contributed by atoms with Crippen LogP contribution in [-0.2, 0) is 30.7 Å². The SMILES string of the molecule is COCCn1c(CCNCCc2nc(C(=O)NCc3ncccc3F)co2)nc2ccccc21. The summed E-state index contributed by atoms with van der Waals surface area (Å²) in [6.45, 7) is 2.72. The molecular formula is C24H27FN6O3. The first kappa shape index (κ1) is 23.5. The number of para-hydroxylation sites is 2. The summed E-state index contributed by atoms with van der Waals surface area (Å²) in [5.41, 5.74) is 2.40. The van der Waals surface area contributed by atoms with Gasteiger partial charge in [0.2, 0.25) is 0 Å². The van der Waals surface area contributed by atoms with Crippen molar-refractivity contribution in [3.63, 3.8) is 0 Å². The van der Waals surface area contributed by atoms with Crippen molar-refractivity contribution in [1.29, 1.82) is 0 Å². The van der Waals surface area contributed by atoms with Gasteiger partial charge in [-0.05, 0) is 24.3 Å². The highest BCUT2D eigenvalue weighted by Gasteiger charge is 2.14. The highest BCUT2D eigenvalue weighted by atomic mass is 19.1. The maximum atomic E-state index is 13.6. The van der Waals surface area contributed by atoms with E-state index in [1.165, 1.54) is 24.6 Å². The Labute approximate surface area is 196 Å². The summed E-state index contributed by atoms with van der Waals surface area (Å²) < 4.78 is 26.5. The zero-order valence-electron chi connectivity index (χ0n) is 19.0. The van der Waals surface area contributed by atoms with Crippen molar-refractivity contribution in [2.45, 2.75) is 25.9 Å². The molecule has 0 unspecified atom stereocenters. The molecule has 0 saturated heterocycles. The molecule has 0 aliphatic carbocycles. The molecule has 0 radical (unpaired) electrons. The molecule has 1 amide bonds. The third-order valence-electron chi connectivity index (χ3n) is 5.33. The minimum atomic E-state index is -0.469. The van der Waals surface area contributed by atoms with Gasteiger partial charge in [-0.2, -0.15) is 0 Å². The number of nitrogens with zero attached hydrogens (tertiary/aromatic N) is 4. The van der Waals surface area contributed by atoms with E-state index in [9.17, 15) is 9.18 Å². The lowest BCUT2D eigenvalue weighted by atomic mass is 10.3. The van der Waals surface area contributed by atoms with Gasteiger partial charge in [-0.25, -0.2) is 14.4 Å². The van der Waals surface area contributed by atoms with Crippen molar-refractivity contribution in [2.75, 3.05) is 26.8 Å². The lowest BCUT2D eigenvalue weighted by Gasteiger charge is -2.09. The highest BCUT2D eigenvalue weighted by molar-refractivity contribution is 5.91. The van der Waals surface area contributed by atoms with Crippen LogP contribution in [0.15, 0.2) is 53.3 Å². The number of amides is 1. The summed E-state index contributed by atoms with van der Waals surface area (Å²) >= 11 is 0. The first-order valence-electron chi connectivity index (χ1n) is 11.1. The number of carbonyl (C=O) groups excluding carboxylic acids is 1. The van der Waals surface area contributed by atoms with Gasteiger partial charge in [0, 0.05) is 45.8 Å². The Bertz CT molecular complexity index is 1240. The van der Waals surface area contributed by atoms with Gasteiger partial charge in [-0.15, -0.1) is 0 Å². The van der Waals surface area contributed by atoms with Crippen molar-refractivity contribution in [1.82, 2.24) is 30.2 Å². The second-order valence-electron chi connectivity index (χ2n) is 7.65. The number of carbonyl (C=O) groups is 1. The van der Waals surface area contributed by atoms with E-state index in [1.54, 1.807) is 7.11 Å². The van der Waals surface area contributed by atoms with Crippen LogP contribution in [-0.4, -0.2) is 52.2 Å². The molecule has 0 aliphatic heterocycles. The number of aromatic nitrogens is 4. The van der Waals surface area contributed by atoms with E-state index >= 15 is 0 Å². The molecule has 0 fully saturated rings. The average molecular weight is 467 g/mol. The predicted octanol–water partition coefficient (Wildman–Crippen LogP) is 2.51. The Morgan fingerprint density at radius 1 is 1.15 bits per heavy atom. The molecule has 0 spiro atoms. The molecule has 34 heavy (non-hydrogen) atoms. The number of benzene rings is 1. The van der Waals surface area contributed by atoms with Crippen molar-refractivity contribution < 1.29 is 18.3 Å². The van der Waals surface area contributed by atoms with Gasteiger partial charge >= 0.3 is 0 Å². The first-order chi connectivity index (χ1) is 16.7. The Balaban J connectivity index is 1.23. The monoisotopic (exact) mass is 466 g/mol. The van der Waals surface area contributed by atoms with Crippen LogP contribution in [0.4, 0.5) is 4.39 Å². The first-order valence-corrected chi connectivity index (χ1v) is 11.1. The van der Waals surface area contributed by atoms with E-state index in [0.29, 0.717) is 25.5 Å². The minimum Gasteiger partial charge on any atom is -0.448 e. The van der Waals surface area contributed by atoms with Crippen molar-refractivity contribution >= 4 is 16.9 Å². The molecule has 0 saturated carbocycles. The molecule has 3 aromatic heterocycles. The third kappa shape index (κ3) is 5.83. The van der Waals surface area contributed by atoms with Crippen molar-refractivity contribution in [3.05, 3.63) is 77.8 Å². The number of hydrogen-bond donors (Lipinski definition) is 2. The van der Waals surface area contributed by atoms with Crippen LogP contribution in [0.3, 0.4) is 0 Å². The van der Waals surface area contributed by atoms with Crippen molar-refractivity contribution in [2.24, 2.45) is 0 Å². The summed E-state index contributed by atoms with van der Waals surface area (Å²) in [7, 11) is 1.69. The number of halogens is 1. The van der Waals surface area contributed by atoms with E-state index in [2.05, 4.69) is 31.2 Å². The van der Waals surface area contributed by atoms with Gasteiger partial charge in [-0.3, -0.25) is 9.78 Å². The fourth-order valence-electron chi connectivity index (χ4n) is 3.60. The number of rotatable bonds is 12. The molecular weight excluding hydrogens is 439 g/mol. The van der Waals surface area contributed by atoms with Crippen LogP contribution in [0.2, 0.25) is 0 Å². The molecule has 10 heteroatoms. The largest absolute Gasteiger partial charge is 0.448 e. The zero-order chi connectivity index (χ0) is 23.8. The number of oxazole rings is 1. The summed E-state index contributed by atoms with van der Waals surface area (Å²) in [5.74, 6) is 0.547. The standard InChI is InChI=1S/C24H27FN6O3/c1-33-14-13-31-21-7-3-2-6-18(21)29-22(31)8-11-26-12-9-23-30-20(16-34-23)24(32)28-15-19-17(25)5-4-10-27-19/h2-7,10,16,26H,8-9,11-15H2,1H3,(H,28,32). The molecule has 0 atom stereocenters. The summed E-state index contributed by atoms with van der Waals surface area (Å²) in [6, 6.07) is 10.9. The van der Waals surface area contributed by atoms with Crippen LogP contribution in [0.1, 0.15) is 27.9 Å². The molecule has 3 heterocycles. The number of imidazole rings is 1. The average Bonchev–Trinajstić information content (AvgIpc) is 3.46. The molecule has 0 bridgehead atoms. The lowest BCUT2D eigenvalue weighted by molar-refractivity contribution is 0.0945. The van der Waals surface area contributed by atoms with Gasteiger partial charge < -0.3 is 24.4 Å². The van der Waals surface area contributed by atoms with Gasteiger partial charge in [0.05, 0.1) is 29.9 Å². The molecule has 0 aliphatic rings.